The van der Waals surface area contributed by atoms with Crippen LogP contribution < -0.4 is 11.3 Å². The fourth-order valence-corrected chi connectivity index (χ4v) is 1.83. The average Bonchev–Trinajstić information content (AvgIpc) is 2.54. The topological polar surface area (TPSA) is 81.1 Å². The molecule has 0 bridgehead atoms. The van der Waals surface area contributed by atoms with Crippen molar-refractivity contribution in [2.24, 2.45) is 5.73 Å². The highest BCUT2D eigenvalue weighted by Crippen LogP contribution is 2.28. The van der Waals surface area contributed by atoms with E-state index >= 15 is 0 Å². The molecule has 0 amide bonds. The molecule has 2 heterocycles. The summed E-state index contributed by atoms with van der Waals surface area (Å²) in [6.07, 6.45) is 1.31. The average molecular weight is 254 g/mol. The van der Waals surface area contributed by atoms with Gasteiger partial charge in [-0.2, -0.15) is 0 Å². The van der Waals surface area contributed by atoms with Crippen LogP contribution in [-0.4, -0.2) is 21.1 Å². The molecule has 2 aromatic heterocycles. The van der Waals surface area contributed by atoms with E-state index in [0.29, 0.717) is 29.8 Å². The molecule has 0 fully saturated rings. The molecule has 6 nitrogen and oxygen atoms in total. The number of rotatable bonds is 2. The van der Waals surface area contributed by atoms with E-state index in [4.69, 9.17) is 12.3 Å². The van der Waals surface area contributed by atoms with Crippen molar-refractivity contribution in [2.75, 3.05) is 6.54 Å². The van der Waals surface area contributed by atoms with Gasteiger partial charge in [-0.05, 0) is 6.92 Å². The summed E-state index contributed by atoms with van der Waals surface area (Å²) in [5, 5.41) is 0. The lowest BCUT2D eigenvalue weighted by Crippen LogP contribution is -2.16. The van der Waals surface area contributed by atoms with Gasteiger partial charge in [-0.1, -0.05) is 0 Å². The Morgan fingerprint density at radius 3 is 2.94 bits per heavy atom. The Labute approximate surface area is 104 Å². The molecule has 90 valence electrons. The lowest BCUT2D eigenvalue weighted by molar-refractivity contribution is 0.713. The minimum Gasteiger partial charge on any atom is -0.349 e. The fourth-order valence-electron chi connectivity index (χ4n) is 1.83. The van der Waals surface area contributed by atoms with Crippen LogP contribution in [0.15, 0.2) is 11.1 Å². The molecule has 0 spiro atoms. The van der Waals surface area contributed by atoms with E-state index in [1.165, 1.54) is 6.33 Å². The van der Waals surface area contributed by atoms with Crippen LogP contribution in [0.5, 0.6) is 0 Å². The first-order valence-corrected chi connectivity index (χ1v) is 4.84. The second-order valence-corrected chi connectivity index (χ2v) is 3.42. The van der Waals surface area contributed by atoms with Gasteiger partial charge in [-0.25, -0.2) is 9.83 Å². The SMILES string of the molecule is Cl.[C-]#[N+]c1c(C)n(CCN)c2c(=O)[nH]cnc12. The van der Waals surface area contributed by atoms with Crippen LogP contribution in [0.2, 0.25) is 0 Å². The Morgan fingerprint density at radius 2 is 2.35 bits per heavy atom. The molecule has 0 saturated heterocycles. The maximum atomic E-state index is 11.7. The standard InChI is InChI=1S/C10H11N5O.ClH/c1-6-7(12-2)8-9(15(6)4-3-11)10(16)14-5-13-8;/h5H,3-4,11H2,1H3,(H,13,14,16);1H. The summed E-state index contributed by atoms with van der Waals surface area (Å²) < 4.78 is 1.74. The van der Waals surface area contributed by atoms with Crippen LogP contribution >= 0.6 is 12.4 Å². The van der Waals surface area contributed by atoms with Crippen LogP contribution in [-0.2, 0) is 6.54 Å². The Balaban J connectivity index is 0.00000144. The minimum atomic E-state index is -0.239. The number of fused-ring (bicyclic) bond motifs is 1. The molecule has 17 heavy (non-hydrogen) atoms. The van der Waals surface area contributed by atoms with E-state index in [2.05, 4.69) is 14.8 Å². The number of aromatic amines is 1. The van der Waals surface area contributed by atoms with Gasteiger partial charge in [0.25, 0.3) is 5.56 Å². The molecule has 0 atom stereocenters. The van der Waals surface area contributed by atoms with Crippen molar-refractivity contribution in [1.29, 1.82) is 0 Å². The highest BCUT2D eigenvalue weighted by atomic mass is 35.5. The van der Waals surface area contributed by atoms with E-state index in [1.807, 2.05) is 0 Å². The molecule has 0 aliphatic heterocycles. The third-order valence-electron chi connectivity index (χ3n) is 2.53. The zero-order chi connectivity index (χ0) is 11.7. The molecule has 0 aromatic carbocycles. The van der Waals surface area contributed by atoms with Gasteiger partial charge in [0.15, 0.2) is 0 Å². The third-order valence-corrected chi connectivity index (χ3v) is 2.53. The molecule has 0 unspecified atom stereocenters. The molecule has 7 heteroatoms. The van der Waals surface area contributed by atoms with Gasteiger partial charge in [-0.3, -0.25) is 4.79 Å². The molecule has 2 rings (SSSR count). The van der Waals surface area contributed by atoms with E-state index in [0.717, 1.165) is 5.69 Å². The van der Waals surface area contributed by atoms with Crippen molar-refractivity contribution >= 4 is 29.1 Å². The predicted molar refractivity (Wildman–Crippen MR) is 67.7 cm³/mol. The van der Waals surface area contributed by atoms with Crippen LogP contribution in [0.1, 0.15) is 5.69 Å². The Hall–Kier alpha value is -1.84. The van der Waals surface area contributed by atoms with Crippen molar-refractivity contribution in [3.63, 3.8) is 0 Å². The lowest BCUT2D eigenvalue weighted by Gasteiger charge is -2.04. The monoisotopic (exact) mass is 253 g/mol. The van der Waals surface area contributed by atoms with Gasteiger partial charge in [0, 0.05) is 18.8 Å². The smallest absolute Gasteiger partial charge is 0.273 e. The van der Waals surface area contributed by atoms with Crippen LogP contribution in [0.3, 0.4) is 0 Å². The number of halogens is 1. The highest BCUT2D eigenvalue weighted by Gasteiger charge is 2.16. The summed E-state index contributed by atoms with van der Waals surface area (Å²) >= 11 is 0. The number of nitrogens with one attached hydrogen (secondary N) is 1. The van der Waals surface area contributed by atoms with E-state index in [1.54, 1.807) is 11.5 Å². The van der Waals surface area contributed by atoms with Crippen LogP contribution in [0.4, 0.5) is 5.69 Å². The van der Waals surface area contributed by atoms with Crippen molar-refractivity contribution in [2.45, 2.75) is 13.5 Å². The van der Waals surface area contributed by atoms with Gasteiger partial charge < -0.3 is 15.3 Å². The zero-order valence-electron chi connectivity index (χ0n) is 9.23. The van der Waals surface area contributed by atoms with E-state index in [-0.39, 0.29) is 18.0 Å². The van der Waals surface area contributed by atoms with Crippen LogP contribution in [0.25, 0.3) is 15.9 Å². The third kappa shape index (κ3) is 1.90. The summed E-state index contributed by atoms with van der Waals surface area (Å²) in [4.78, 5) is 21.7. The molecule has 3 N–H and O–H groups in total. The first kappa shape index (κ1) is 13.2. The molecular formula is C10H12ClN5O. The Kier molecular flexibility index (Phi) is 3.89. The molecule has 0 saturated carbocycles. The Bertz CT molecular complexity index is 636. The van der Waals surface area contributed by atoms with Gasteiger partial charge in [-0.15, -0.1) is 12.4 Å². The maximum Gasteiger partial charge on any atom is 0.273 e. The number of nitrogens with two attached hydrogens (primary N) is 1. The summed E-state index contributed by atoms with van der Waals surface area (Å²) in [5.74, 6) is 0. The first-order valence-electron chi connectivity index (χ1n) is 4.84. The summed E-state index contributed by atoms with van der Waals surface area (Å²) in [6.45, 7) is 9.83. The summed E-state index contributed by atoms with van der Waals surface area (Å²) in [6, 6.07) is 0. The highest BCUT2D eigenvalue weighted by molar-refractivity contribution is 5.91. The van der Waals surface area contributed by atoms with Gasteiger partial charge in [0.1, 0.15) is 11.0 Å². The second-order valence-electron chi connectivity index (χ2n) is 3.42. The first-order chi connectivity index (χ1) is 7.70. The number of hydrogen-bond donors (Lipinski definition) is 2. The quantitative estimate of drug-likeness (QED) is 0.783. The van der Waals surface area contributed by atoms with Gasteiger partial charge in [0.05, 0.1) is 12.9 Å². The van der Waals surface area contributed by atoms with Crippen molar-refractivity contribution < 1.29 is 0 Å². The maximum absolute atomic E-state index is 11.7. The number of H-pyrrole nitrogens is 1. The predicted octanol–water partition coefficient (Wildman–Crippen LogP) is 0.964. The minimum absolute atomic E-state index is 0. The molecular weight excluding hydrogens is 242 g/mol. The molecule has 0 radical (unpaired) electrons. The molecule has 2 aromatic rings. The van der Waals surface area contributed by atoms with E-state index < -0.39 is 0 Å². The lowest BCUT2D eigenvalue weighted by atomic mass is 10.3. The Morgan fingerprint density at radius 1 is 1.65 bits per heavy atom. The molecule has 0 aliphatic rings. The van der Waals surface area contributed by atoms with Crippen molar-refractivity contribution in [3.8, 4) is 0 Å². The zero-order valence-corrected chi connectivity index (χ0v) is 10.0. The summed E-state index contributed by atoms with van der Waals surface area (Å²) in [5.41, 5.74) is 7.29. The van der Waals surface area contributed by atoms with Gasteiger partial charge in [0.2, 0.25) is 5.69 Å². The second kappa shape index (κ2) is 4.99. The van der Waals surface area contributed by atoms with E-state index in [9.17, 15) is 4.79 Å². The van der Waals surface area contributed by atoms with Crippen molar-refractivity contribution in [1.82, 2.24) is 14.5 Å². The number of aromatic nitrogens is 3. The summed E-state index contributed by atoms with van der Waals surface area (Å²) in [7, 11) is 0. The van der Waals surface area contributed by atoms with Crippen LogP contribution in [0, 0.1) is 13.5 Å². The molecule has 0 aliphatic carbocycles. The van der Waals surface area contributed by atoms with Gasteiger partial charge >= 0.3 is 0 Å². The number of nitrogens with zero attached hydrogens (tertiary/aromatic N) is 3. The normalized spacial score (nSPS) is 9.94. The fraction of sp³-hybridized carbons (Fsp3) is 0.300. The number of hydrogen-bond acceptors (Lipinski definition) is 3. The largest absolute Gasteiger partial charge is 0.349 e. The van der Waals surface area contributed by atoms with Crippen molar-refractivity contribution in [3.05, 3.63) is 33.8 Å².